The molecule has 8 heavy (non-hydrogen) atoms. The molecule has 54 valence electrons. The van der Waals surface area contributed by atoms with Crippen LogP contribution in [0.15, 0.2) is 0 Å². The van der Waals surface area contributed by atoms with Gasteiger partial charge in [0.1, 0.15) is 0 Å². The molecule has 0 aromatic heterocycles. The molecule has 0 saturated carbocycles. The summed E-state index contributed by atoms with van der Waals surface area (Å²) in [5.74, 6) is 0.935. The summed E-state index contributed by atoms with van der Waals surface area (Å²) in [7, 11) is 0. The largest absolute Gasteiger partial charge is 0.0683 e. The molecule has 0 heterocycles. The number of rotatable bonds is 2. The highest BCUT2D eigenvalue weighted by Crippen LogP contribution is 2.02. The lowest BCUT2D eigenvalue weighted by molar-refractivity contribution is 0.544. The lowest BCUT2D eigenvalue weighted by Crippen LogP contribution is -1.85. The predicted octanol–water partition coefficient (Wildman–Crippen LogP) is 3.71. The Balaban J connectivity index is -0.000000109. The van der Waals surface area contributed by atoms with Crippen molar-refractivity contribution in [1.82, 2.24) is 0 Å². The third kappa shape index (κ3) is 9.38. The summed E-state index contributed by atoms with van der Waals surface area (Å²) in [4.78, 5) is 0. The highest BCUT2D eigenvalue weighted by atomic mass is 13.9. The average Bonchev–Trinajstić information content (AvgIpc) is 1.91. The Bertz CT molecular complexity index is 23.7. The monoisotopic (exact) mass is 119 g/mol. The van der Waals surface area contributed by atoms with E-state index in [-0.39, 0.29) is 1.43 Å². The average molecular weight is 119 g/mol. The maximum Gasteiger partial charge on any atom is 0 e. The van der Waals surface area contributed by atoms with Crippen LogP contribution in [0, 0.1) is 5.92 Å². The minimum Gasteiger partial charge on any atom is -0.0683 e. The molecule has 0 rings (SSSR count). The van der Waals surface area contributed by atoms with Crippen LogP contribution in [-0.4, -0.2) is 0 Å². The van der Waals surface area contributed by atoms with E-state index in [0.29, 0.717) is 0 Å². The van der Waals surface area contributed by atoms with Gasteiger partial charge in [-0.25, -0.2) is 0 Å². The van der Waals surface area contributed by atoms with Gasteiger partial charge in [0, 0.05) is 1.43 Å². The quantitative estimate of drug-likeness (QED) is 0.519. The summed E-state index contributed by atoms with van der Waals surface area (Å²) in [6.45, 7) is 10.7. The van der Waals surface area contributed by atoms with E-state index in [1.54, 1.807) is 0 Å². The van der Waals surface area contributed by atoms with Crippen LogP contribution in [0.1, 0.15) is 48.9 Å². The van der Waals surface area contributed by atoms with Crippen LogP contribution >= 0.6 is 0 Å². The minimum atomic E-state index is 0. The molecule has 0 spiro atoms. The molecule has 0 amide bonds. The third-order valence-electron chi connectivity index (χ3n) is 1.39. The lowest BCUT2D eigenvalue weighted by Gasteiger charge is -1.98. The van der Waals surface area contributed by atoms with E-state index < -0.39 is 0 Å². The van der Waals surface area contributed by atoms with Crippen LogP contribution < -0.4 is 0 Å². The van der Waals surface area contributed by atoms with Crippen LogP contribution in [0.25, 0.3) is 0 Å². The normalized spacial score (nSPS) is 8.25. The van der Waals surface area contributed by atoms with Crippen molar-refractivity contribution in [2.24, 2.45) is 5.92 Å². The smallest absolute Gasteiger partial charge is 0 e. The van der Waals surface area contributed by atoms with Gasteiger partial charge in [0.15, 0.2) is 0 Å². The summed E-state index contributed by atoms with van der Waals surface area (Å²) in [6.07, 6.45) is 2.66. The molecule has 0 saturated heterocycles. The van der Waals surface area contributed by atoms with Gasteiger partial charge in [-0.2, -0.15) is 0 Å². The van der Waals surface area contributed by atoms with Crippen LogP contribution in [-0.2, 0) is 0 Å². The molecule has 0 bridgehead atoms. The Labute approximate surface area is 55.8 Å². The summed E-state index contributed by atoms with van der Waals surface area (Å²) in [5.41, 5.74) is 0. The Morgan fingerprint density at radius 3 is 1.38 bits per heavy atom. The van der Waals surface area contributed by atoms with Crippen molar-refractivity contribution in [3.05, 3.63) is 0 Å². The van der Waals surface area contributed by atoms with Gasteiger partial charge in [0.25, 0.3) is 0 Å². The van der Waals surface area contributed by atoms with E-state index >= 15 is 0 Å². The second-order valence-corrected chi connectivity index (χ2v) is 1.92. The molecule has 0 N–H and O–H groups in total. The first-order valence-corrected chi connectivity index (χ1v) is 3.81. The molecular formula is C8H22. The molecule has 0 aliphatic rings. The first-order chi connectivity index (χ1) is 3.81. The van der Waals surface area contributed by atoms with Crippen molar-refractivity contribution in [3.8, 4) is 0 Å². The van der Waals surface area contributed by atoms with E-state index in [9.17, 15) is 0 Å². The van der Waals surface area contributed by atoms with E-state index in [2.05, 4.69) is 20.8 Å². The summed E-state index contributed by atoms with van der Waals surface area (Å²) in [5, 5.41) is 0. The molecular weight excluding hydrogens is 96.1 g/mol. The van der Waals surface area contributed by atoms with Gasteiger partial charge >= 0.3 is 0 Å². The molecule has 0 aromatic carbocycles. The zero-order chi connectivity index (χ0) is 6.99. The number of hydrogen-bond acceptors (Lipinski definition) is 0. The van der Waals surface area contributed by atoms with Crippen molar-refractivity contribution >= 4 is 0 Å². The molecule has 0 aliphatic heterocycles. The maximum absolute atomic E-state index is 2.28. The Hall–Kier alpha value is 0. The van der Waals surface area contributed by atoms with Crippen LogP contribution in [0.5, 0.6) is 0 Å². The van der Waals surface area contributed by atoms with E-state index in [1.165, 1.54) is 12.8 Å². The standard InChI is InChI=1S/C6H14.C2H6.H2/c1-4-6(3)5-2;1-2;/h6H,4-5H2,1-3H3;1-2H3;1H/i;;1+1. The fourth-order valence-electron chi connectivity index (χ4n) is 0.289. The first kappa shape index (κ1) is 10.9. The van der Waals surface area contributed by atoms with Crippen molar-refractivity contribution in [3.63, 3.8) is 0 Å². The minimum absolute atomic E-state index is 0. The molecule has 0 aliphatic carbocycles. The van der Waals surface area contributed by atoms with Gasteiger partial charge in [-0.15, -0.1) is 0 Å². The second kappa shape index (κ2) is 10.1. The highest BCUT2D eigenvalue weighted by Gasteiger charge is 1.88. The maximum atomic E-state index is 2.28. The molecule has 0 nitrogen and oxygen atoms in total. The molecule has 0 fully saturated rings. The fraction of sp³-hybridized carbons (Fsp3) is 1.00. The van der Waals surface area contributed by atoms with Crippen molar-refractivity contribution in [2.45, 2.75) is 47.5 Å². The fourth-order valence-corrected chi connectivity index (χ4v) is 0.289. The zero-order valence-electron chi connectivity index (χ0n) is 6.99. The first-order valence-electron chi connectivity index (χ1n) is 3.81. The van der Waals surface area contributed by atoms with Gasteiger partial charge in [-0.3, -0.25) is 0 Å². The van der Waals surface area contributed by atoms with E-state index in [4.69, 9.17) is 0 Å². The highest BCUT2D eigenvalue weighted by molar-refractivity contribution is 4.41. The topological polar surface area (TPSA) is 0 Å². The molecule has 0 aromatic rings. The number of hydrogen-bond donors (Lipinski definition) is 0. The van der Waals surface area contributed by atoms with E-state index in [0.717, 1.165) is 5.92 Å². The summed E-state index contributed by atoms with van der Waals surface area (Å²) in [6, 6.07) is 0. The van der Waals surface area contributed by atoms with Gasteiger partial charge in [0.2, 0.25) is 0 Å². The predicted molar refractivity (Wildman–Crippen MR) is 43.2 cm³/mol. The molecule has 0 radical (unpaired) electrons. The molecule has 0 atom stereocenters. The molecule has 0 heteroatoms. The van der Waals surface area contributed by atoms with Gasteiger partial charge in [0.05, 0.1) is 0 Å². The van der Waals surface area contributed by atoms with Gasteiger partial charge < -0.3 is 0 Å². The van der Waals surface area contributed by atoms with Crippen LogP contribution in [0.4, 0.5) is 0 Å². The Morgan fingerprint density at radius 2 is 1.38 bits per heavy atom. The van der Waals surface area contributed by atoms with Crippen molar-refractivity contribution < 1.29 is 1.43 Å². The van der Waals surface area contributed by atoms with Crippen molar-refractivity contribution in [2.75, 3.05) is 0 Å². The second-order valence-electron chi connectivity index (χ2n) is 1.92. The molecule has 0 unspecified atom stereocenters. The zero-order valence-corrected chi connectivity index (χ0v) is 6.99. The van der Waals surface area contributed by atoms with Crippen LogP contribution in [0.2, 0.25) is 0 Å². The Kier molecular flexibility index (Phi) is 13.7. The summed E-state index contributed by atoms with van der Waals surface area (Å²) < 4.78 is 0. The third-order valence-corrected chi connectivity index (χ3v) is 1.39. The van der Waals surface area contributed by atoms with Gasteiger partial charge in [-0.1, -0.05) is 47.5 Å². The van der Waals surface area contributed by atoms with Gasteiger partial charge in [-0.05, 0) is 5.92 Å². The lowest BCUT2D eigenvalue weighted by atomic mass is 10.1. The van der Waals surface area contributed by atoms with E-state index in [1.807, 2.05) is 13.8 Å². The Morgan fingerprint density at radius 1 is 1.12 bits per heavy atom. The van der Waals surface area contributed by atoms with Crippen molar-refractivity contribution in [1.29, 1.82) is 0 Å². The SMILES string of the molecule is CC.CCC(C)CC.[2HH]. The van der Waals surface area contributed by atoms with Crippen LogP contribution in [0.3, 0.4) is 0 Å². The summed E-state index contributed by atoms with van der Waals surface area (Å²) >= 11 is 0.